The SMILES string of the molecule is Cc1ccccc1CSc1nnc(CNC(=O)Nc2cccc(F)c2)n1-c1ccc(Cl)cc1Cl. The largest absolute Gasteiger partial charge is 0.331 e. The lowest BCUT2D eigenvalue weighted by atomic mass is 10.1. The standard InChI is InChI=1S/C24H20Cl2FN5OS/c1-15-5-2-3-6-16(15)14-34-24-31-30-22(32(24)21-10-9-17(25)11-20(21)26)13-28-23(33)29-19-8-4-7-18(27)12-19/h2-12H,13-14H2,1H3,(H2,28,29,33). The molecule has 0 saturated carbocycles. The molecule has 0 bridgehead atoms. The van der Waals surface area contributed by atoms with Gasteiger partial charge in [-0.2, -0.15) is 0 Å². The molecule has 0 spiro atoms. The predicted molar refractivity (Wildman–Crippen MR) is 134 cm³/mol. The molecule has 0 saturated heterocycles. The molecule has 4 aromatic rings. The summed E-state index contributed by atoms with van der Waals surface area (Å²) in [7, 11) is 0. The number of rotatable bonds is 7. The summed E-state index contributed by atoms with van der Waals surface area (Å²) in [5, 5.41) is 15.5. The number of nitrogens with one attached hydrogen (secondary N) is 2. The zero-order valence-corrected chi connectivity index (χ0v) is 20.4. The maximum Gasteiger partial charge on any atom is 0.319 e. The molecule has 2 N–H and O–H groups in total. The van der Waals surface area contributed by atoms with Crippen molar-refractivity contribution in [3.05, 3.63) is 99.5 Å². The number of urea groups is 1. The quantitative estimate of drug-likeness (QED) is 0.270. The van der Waals surface area contributed by atoms with Crippen molar-refractivity contribution >= 4 is 46.7 Å². The molecule has 4 rings (SSSR count). The molecule has 0 aliphatic rings. The van der Waals surface area contributed by atoms with Gasteiger partial charge in [-0.15, -0.1) is 10.2 Å². The Kier molecular flexibility index (Phi) is 7.72. The van der Waals surface area contributed by atoms with Crippen LogP contribution in [0.5, 0.6) is 0 Å². The van der Waals surface area contributed by atoms with E-state index in [4.69, 9.17) is 23.2 Å². The highest BCUT2D eigenvalue weighted by atomic mass is 35.5. The Morgan fingerprint density at radius 2 is 1.88 bits per heavy atom. The van der Waals surface area contributed by atoms with E-state index in [0.29, 0.717) is 38.2 Å². The Balaban J connectivity index is 1.56. The summed E-state index contributed by atoms with van der Waals surface area (Å²) in [5.74, 6) is 0.722. The van der Waals surface area contributed by atoms with Crippen LogP contribution < -0.4 is 10.6 Å². The molecule has 0 aliphatic heterocycles. The number of hydrogen-bond donors (Lipinski definition) is 2. The van der Waals surface area contributed by atoms with E-state index in [2.05, 4.69) is 39.9 Å². The number of nitrogens with zero attached hydrogens (tertiary/aromatic N) is 3. The van der Waals surface area contributed by atoms with Gasteiger partial charge in [0.2, 0.25) is 0 Å². The number of hydrogen-bond acceptors (Lipinski definition) is 4. The number of carbonyl (C=O) groups excluding carboxylic acids is 1. The summed E-state index contributed by atoms with van der Waals surface area (Å²) in [6.45, 7) is 2.13. The van der Waals surface area contributed by atoms with E-state index in [-0.39, 0.29) is 6.54 Å². The fourth-order valence-electron chi connectivity index (χ4n) is 3.23. The van der Waals surface area contributed by atoms with Gasteiger partial charge >= 0.3 is 6.03 Å². The van der Waals surface area contributed by atoms with Crippen molar-refractivity contribution in [1.29, 1.82) is 0 Å². The number of anilines is 1. The molecule has 1 aromatic heterocycles. The van der Waals surface area contributed by atoms with Crippen molar-refractivity contribution in [2.45, 2.75) is 24.4 Å². The Morgan fingerprint density at radius 1 is 1.06 bits per heavy atom. The average Bonchev–Trinajstić information content (AvgIpc) is 3.20. The highest BCUT2D eigenvalue weighted by molar-refractivity contribution is 7.98. The second kappa shape index (κ2) is 10.9. The Morgan fingerprint density at radius 3 is 2.65 bits per heavy atom. The molecule has 6 nitrogen and oxygen atoms in total. The monoisotopic (exact) mass is 515 g/mol. The lowest BCUT2D eigenvalue weighted by Gasteiger charge is -2.13. The van der Waals surface area contributed by atoms with Crippen LogP contribution in [-0.2, 0) is 12.3 Å². The normalized spacial score (nSPS) is 10.8. The molecular weight excluding hydrogens is 496 g/mol. The first-order valence-corrected chi connectivity index (χ1v) is 12.0. The Bertz CT molecular complexity index is 1330. The summed E-state index contributed by atoms with van der Waals surface area (Å²) < 4.78 is 15.2. The van der Waals surface area contributed by atoms with Crippen molar-refractivity contribution < 1.29 is 9.18 Å². The lowest BCUT2D eigenvalue weighted by Crippen LogP contribution is -2.29. The van der Waals surface area contributed by atoms with Crippen LogP contribution in [0.1, 0.15) is 17.0 Å². The molecule has 0 radical (unpaired) electrons. The fraction of sp³-hybridized carbons (Fsp3) is 0.125. The molecule has 3 aromatic carbocycles. The average molecular weight is 516 g/mol. The van der Waals surface area contributed by atoms with Gasteiger partial charge in [-0.05, 0) is 54.4 Å². The minimum Gasteiger partial charge on any atom is -0.331 e. The highest BCUT2D eigenvalue weighted by Gasteiger charge is 2.18. The molecule has 10 heteroatoms. The van der Waals surface area contributed by atoms with Gasteiger partial charge in [-0.1, -0.05) is 65.3 Å². The second-order valence-electron chi connectivity index (χ2n) is 7.36. The van der Waals surface area contributed by atoms with Gasteiger partial charge in [0.15, 0.2) is 11.0 Å². The minimum absolute atomic E-state index is 0.0675. The minimum atomic E-state index is -0.503. The molecule has 174 valence electrons. The lowest BCUT2D eigenvalue weighted by molar-refractivity contribution is 0.251. The third-order valence-electron chi connectivity index (χ3n) is 4.96. The van der Waals surface area contributed by atoms with E-state index >= 15 is 0 Å². The predicted octanol–water partition coefficient (Wildman–Crippen LogP) is 6.64. The number of aryl methyl sites for hydroxylation is 1. The van der Waals surface area contributed by atoms with Crippen molar-refractivity contribution in [1.82, 2.24) is 20.1 Å². The van der Waals surface area contributed by atoms with E-state index in [9.17, 15) is 9.18 Å². The van der Waals surface area contributed by atoms with Crippen molar-refractivity contribution in [2.75, 3.05) is 5.32 Å². The number of amides is 2. The van der Waals surface area contributed by atoms with Gasteiger partial charge in [-0.25, -0.2) is 9.18 Å². The van der Waals surface area contributed by atoms with E-state index in [0.717, 1.165) is 0 Å². The summed E-state index contributed by atoms with van der Waals surface area (Å²) in [6, 6.07) is 18.4. The van der Waals surface area contributed by atoms with Gasteiger partial charge in [0.1, 0.15) is 5.82 Å². The van der Waals surface area contributed by atoms with Crippen LogP contribution in [-0.4, -0.2) is 20.8 Å². The van der Waals surface area contributed by atoms with Crippen molar-refractivity contribution in [2.24, 2.45) is 0 Å². The first kappa shape index (κ1) is 24.1. The van der Waals surface area contributed by atoms with Crippen molar-refractivity contribution in [3.63, 3.8) is 0 Å². The van der Waals surface area contributed by atoms with Crippen LogP contribution in [0.4, 0.5) is 14.9 Å². The topological polar surface area (TPSA) is 71.8 Å². The van der Waals surface area contributed by atoms with Crippen LogP contribution in [0.15, 0.2) is 71.9 Å². The van der Waals surface area contributed by atoms with Crippen LogP contribution in [0.25, 0.3) is 5.69 Å². The number of carbonyl (C=O) groups is 1. The van der Waals surface area contributed by atoms with Crippen LogP contribution >= 0.6 is 35.0 Å². The van der Waals surface area contributed by atoms with Gasteiger partial charge < -0.3 is 10.6 Å². The number of halogens is 3. The van der Waals surface area contributed by atoms with Gasteiger partial charge in [0.25, 0.3) is 0 Å². The molecule has 1 heterocycles. The number of benzene rings is 3. The first-order chi connectivity index (χ1) is 16.4. The van der Waals surface area contributed by atoms with Gasteiger partial charge in [0, 0.05) is 16.5 Å². The molecule has 0 atom stereocenters. The van der Waals surface area contributed by atoms with Gasteiger partial charge in [-0.3, -0.25) is 4.57 Å². The van der Waals surface area contributed by atoms with E-state index in [1.165, 1.54) is 41.1 Å². The first-order valence-electron chi connectivity index (χ1n) is 10.3. The zero-order valence-electron chi connectivity index (χ0n) is 18.1. The highest BCUT2D eigenvalue weighted by Crippen LogP contribution is 2.31. The van der Waals surface area contributed by atoms with Crippen LogP contribution in [0, 0.1) is 12.7 Å². The van der Waals surface area contributed by atoms with E-state index < -0.39 is 11.8 Å². The second-order valence-corrected chi connectivity index (χ2v) is 9.15. The molecule has 34 heavy (non-hydrogen) atoms. The summed E-state index contributed by atoms with van der Waals surface area (Å²) in [4.78, 5) is 12.4. The Labute approximate surface area is 210 Å². The van der Waals surface area contributed by atoms with Crippen molar-refractivity contribution in [3.8, 4) is 5.69 Å². The van der Waals surface area contributed by atoms with Gasteiger partial charge in [0.05, 0.1) is 17.3 Å². The maximum atomic E-state index is 13.4. The third-order valence-corrected chi connectivity index (χ3v) is 6.47. The van der Waals surface area contributed by atoms with Crippen LogP contribution in [0.3, 0.4) is 0 Å². The zero-order chi connectivity index (χ0) is 24.1. The summed E-state index contributed by atoms with van der Waals surface area (Å²) in [6.07, 6.45) is 0. The van der Waals surface area contributed by atoms with E-state index in [1.807, 2.05) is 12.1 Å². The van der Waals surface area contributed by atoms with Crippen LogP contribution in [0.2, 0.25) is 10.0 Å². The molecular formula is C24H20Cl2FN5OS. The third kappa shape index (κ3) is 5.88. The smallest absolute Gasteiger partial charge is 0.319 e. The Hall–Kier alpha value is -3.07. The maximum absolute atomic E-state index is 13.4. The number of aromatic nitrogens is 3. The summed E-state index contributed by atoms with van der Waals surface area (Å²) >= 11 is 14.1. The molecule has 0 fully saturated rings. The summed E-state index contributed by atoms with van der Waals surface area (Å²) in [5.41, 5.74) is 3.35. The van der Waals surface area contributed by atoms with E-state index in [1.54, 1.807) is 28.8 Å². The molecule has 0 aliphatic carbocycles. The fourth-order valence-corrected chi connectivity index (χ4v) is 4.76. The number of thioether (sulfide) groups is 1. The molecule has 2 amide bonds. The molecule has 0 unspecified atom stereocenters.